The Bertz CT molecular complexity index is 4720. The van der Waals surface area contributed by atoms with E-state index < -0.39 is 0 Å². The summed E-state index contributed by atoms with van der Waals surface area (Å²) in [6.45, 7) is 0. The van der Waals surface area contributed by atoms with Crippen molar-refractivity contribution in [3.8, 4) is 84.2 Å². The molecule has 2 heterocycles. The maximum Gasteiger partial charge on any atom is 0.248 e. The van der Waals surface area contributed by atoms with Crippen LogP contribution in [0.4, 0.5) is 0 Å². The second-order valence-electron chi connectivity index (χ2n) is 20.8. The van der Waals surface area contributed by atoms with Crippen molar-refractivity contribution >= 4 is 54.5 Å². The van der Waals surface area contributed by atoms with Gasteiger partial charge in [0.15, 0.2) is 0 Å². The molecule has 2 aromatic heterocycles. The second-order valence-corrected chi connectivity index (χ2v) is 20.8. The lowest BCUT2D eigenvalue weighted by molar-refractivity contribution is 0.584. The normalized spacial score (nSPS) is 12.6. The largest absolute Gasteiger partial charge is 0.416 e. The number of allylic oxidation sites excluding steroid dienone is 4. The lowest BCUT2D eigenvalue weighted by Gasteiger charge is -2.17. The van der Waals surface area contributed by atoms with E-state index in [0.29, 0.717) is 11.8 Å². The maximum absolute atomic E-state index is 6.10. The SMILES string of the molecule is C1=C(c2ccc3c(c2)c2cc(-c4ccc(-c5cccc6ccccc56)cc4)ccc2n3-c2ccc(-c3ccccc3-c3ccccc3-c3ccc(-c4nnc(-c5ccccc5)o4)cc3)cc2)CCC(c2cccc3ccccc23)=C1. The van der Waals surface area contributed by atoms with Gasteiger partial charge in [0.25, 0.3) is 0 Å². The van der Waals surface area contributed by atoms with Crippen LogP contribution in [-0.2, 0) is 0 Å². The van der Waals surface area contributed by atoms with Crippen molar-refractivity contribution in [2.24, 2.45) is 0 Å². The molecule has 14 aromatic rings. The van der Waals surface area contributed by atoms with E-state index in [1.807, 2.05) is 30.3 Å². The minimum absolute atomic E-state index is 0.494. The fraction of sp³-hybridized carbons (Fsp3) is 0.0263. The van der Waals surface area contributed by atoms with Crippen LogP contribution in [0.15, 0.2) is 290 Å². The maximum atomic E-state index is 6.10. The van der Waals surface area contributed by atoms with Gasteiger partial charge in [-0.05, 0) is 173 Å². The zero-order valence-corrected chi connectivity index (χ0v) is 43.8. The number of aromatic nitrogens is 3. The highest BCUT2D eigenvalue weighted by Gasteiger charge is 2.20. The van der Waals surface area contributed by atoms with Crippen LogP contribution in [0.25, 0.3) is 139 Å². The highest BCUT2D eigenvalue weighted by Crippen LogP contribution is 2.43. The first kappa shape index (κ1) is 46.8. The molecule has 80 heavy (non-hydrogen) atoms. The summed E-state index contributed by atoms with van der Waals surface area (Å²) < 4.78 is 8.55. The zero-order chi connectivity index (χ0) is 52.9. The van der Waals surface area contributed by atoms with Gasteiger partial charge in [0, 0.05) is 27.6 Å². The van der Waals surface area contributed by atoms with Crippen LogP contribution < -0.4 is 0 Å². The summed E-state index contributed by atoms with van der Waals surface area (Å²) in [6.07, 6.45) is 6.68. The van der Waals surface area contributed by atoms with Crippen molar-refractivity contribution in [1.82, 2.24) is 14.8 Å². The van der Waals surface area contributed by atoms with E-state index in [1.54, 1.807) is 0 Å². The highest BCUT2D eigenvalue weighted by molar-refractivity contribution is 6.11. The molecule has 4 nitrogen and oxygen atoms in total. The van der Waals surface area contributed by atoms with Crippen LogP contribution in [0.5, 0.6) is 0 Å². The Morgan fingerprint density at radius 1 is 0.275 bits per heavy atom. The molecule has 0 radical (unpaired) electrons. The molecule has 0 aliphatic heterocycles. The minimum Gasteiger partial charge on any atom is -0.416 e. The van der Waals surface area contributed by atoms with E-state index >= 15 is 0 Å². The van der Waals surface area contributed by atoms with E-state index in [9.17, 15) is 0 Å². The fourth-order valence-corrected chi connectivity index (χ4v) is 12.2. The van der Waals surface area contributed by atoms with Crippen molar-refractivity contribution in [2.45, 2.75) is 12.8 Å². The highest BCUT2D eigenvalue weighted by atomic mass is 16.4. The van der Waals surface area contributed by atoms with Gasteiger partial charge >= 0.3 is 0 Å². The molecule has 1 aliphatic carbocycles. The first-order valence-electron chi connectivity index (χ1n) is 27.5. The van der Waals surface area contributed by atoms with Gasteiger partial charge in [-0.15, -0.1) is 10.2 Å². The third-order valence-corrected chi connectivity index (χ3v) is 16.2. The molecule has 0 saturated carbocycles. The number of rotatable bonds is 10. The average Bonchev–Trinajstić information content (AvgIpc) is 4.20. The van der Waals surface area contributed by atoms with Crippen LogP contribution in [-0.4, -0.2) is 14.8 Å². The lowest BCUT2D eigenvalue weighted by Crippen LogP contribution is -1.96. The molecular formula is C76H51N3O. The number of hydrogen-bond donors (Lipinski definition) is 0. The Labute approximate surface area is 464 Å². The van der Waals surface area contributed by atoms with Gasteiger partial charge in [0.1, 0.15) is 0 Å². The van der Waals surface area contributed by atoms with E-state index in [1.165, 1.54) is 99.0 Å². The summed E-state index contributed by atoms with van der Waals surface area (Å²) in [7, 11) is 0. The van der Waals surface area contributed by atoms with Crippen molar-refractivity contribution in [3.63, 3.8) is 0 Å². The minimum atomic E-state index is 0.494. The van der Waals surface area contributed by atoms with Crippen molar-refractivity contribution in [3.05, 3.63) is 296 Å². The molecule has 0 fully saturated rings. The Balaban J connectivity index is 0.786. The molecule has 376 valence electrons. The smallest absolute Gasteiger partial charge is 0.248 e. The van der Waals surface area contributed by atoms with E-state index in [4.69, 9.17) is 4.42 Å². The van der Waals surface area contributed by atoms with Crippen molar-refractivity contribution < 1.29 is 4.42 Å². The van der Waals surface area contributed by atoms with Gasteiger partial charge in [-0.25, -0.2) is 0 Å². The Hall–Kier alpha value is -10.4. The standard InChI is InChI=1S/C76H51N3O/c1-2-16-58(17-3-1)75-77-78-76(80-75)59-38-36-56(37-39-59)67-22-8-10-24-69(67)70-25-11-9-23-68(70)57-40-44-62(45-41-57)79-73-46-42-60(50-28-32-54(33-29-50)65-26-12-18-52-14-4-6-20-63(52)65)48-71(73)72-49-61(43-47-74(72)79)51-30-34-55(35-31-51)66-27-13-19-53-15-5-7-21-64(53)66/h1-30,32-34,36-49H,31,35H2. The van der Waals surface area contributed by atoms with Gasteiger partial charge in [0.05, 0.1) is 11.0 Å². The zero-order valence-electron chi connectivity index (χ0n) is 43.8. The predicted octanol–water partition coefficient (Wildman–Crippen LogP) is 20.4. The fourth-order valence-electron chi connectivity index (χ4n) is 12.2. The molecule has 15 rings (SSSR count). The molecule has 0 spiro atoms. The van der Waals surface area contributed by atoms with Crippen LogP contribution in [0, 0.1) is 0 Å². The monoisotopic (exact) mass is 1020 g/mol. The van der Waals surface area contributed by atoms with Gasteiger partial charge in [0.2, 0.25) is 11.8 Å². The molecular weight excluding hydrogens is 971 g/mol. The van der Waals surface area contributed by atoms with Gasteiger partial charge in [-0.3, -0.25) is 0 Å². The summed E-state index contributed by atoms with van der Waals surface area (Å²) >= 11 is 0. The number of fused-ring (bicyclic) bond motifs is 5. The lowest BCUT2D eigenvalue weighted by atomic mass is 9.88. The summed E-state index contributed by atoms with van der Waals surface area (Å²) in [5.74, 6) is 1.000. The van der Waals surface area contributed by atoms with Gasteiger partial charge in [-0.1, -0.05) is 224 Å². The molecule has 12 aromatic carbocycles. The number of hydrogen-bond acceptors (Lipinski definition) is 3. The Kier molecular flexibility index (Phi) is 11.6. The van der Waals surface area contributed by atoms with Crippen LogP contribution >= 0.6 is 0 Å². The summed E-state index contributed by atoms with van der Waals surface area (Å²) in [6, 6.07) is 98.7. The molecule has 0 bridgehead atoms. The Morgan fingerprint density at radius 3 is 1.30 bits per heavy atom. The Morgan fingerprint density at radius 2 is 0.688 bits per heavy atom. The molecule has 0 saturated heterocycles. The van der Waals surface area contributed by atoms with Crippen molar-refractivity contribution in [1.29, 1.82) is 0 Å². The molecule has 1 aliphatic rings. The quantitative estimate of drug-likeness (QED) is 0.137. The molecule has 0 atom stereocenters. The van der Waals surface area contributed by atoms with Crippen LogP contribution in [0.1, 0.15) is 24.0 Å². The van der Waals surface area contributed by atoms with Crippen molar-refractivity contribution in [2.75, 3.05) is 0 Å². The van der Waals surface area contributed by atoms with Gasteiger partial charge in [-0.2, -0.15) is 0 Å². The average molecular weight is 1020 g/mol. The van der Waals surface area contributed by atoms with Crippen LogP contribution in [0.3, 0.4) is 0 Å². The predicted molar refractivity (Wildman–Crippen MR) is 333 cm³/mol. The molecule has 4 heteroatoms. The first-order valence-corrected chi connectivity index (χ1v) is 27.5. The van der Waals surface area contributed by atoms with E-state index in [2.05, 4.69) is 270 Å². The van der Waals surface area contributed by atoms with Crippen LogP contribution in [0.2, 0.25) is 0 Å². The third-order valence-electron chi connectivity index (χ3n) is 16.2. The molecule has 0 amide bonds. The summed E-state index contributed by atoms with van der Waals surface area (Å²) in [4.78, 5) is 0. The number of benzene rings is 12. The molecule has 0 N–H and O–H groups in total. The topological polar surface area (TPSA) is 43.9 Å². The summed E-state index contributed by atoms with van der Waals surface area (Å²) in [5, 5.41) is 16.3. The molecule has 0 unspecified atom stereocenters. The second kappa shape index (κ2) is 19.9. The summed E-state index contributed by atoms with van der Waals surface area (Å²) in [5.41, 5.74) is 22.3. The van der Waals surface area contributed by atoms with Gasteiger partial charge < -0.3 is 8.98 Å². The van der Waals surface area contributed by atoms with E-state index in [-0.39, 0.29) is 0 Å². The third kappa shape index (κ3) is 8.42. The number of nitrogens with zero attached hydrogens (tertiary/aromatic N) is 3. The van der Waals surface area contributed by atoms with E-state index in [0.717, 1.165) is 51.9 Å². The first-order chi connectivity index (χ1) is 39.6.